The van der Waals surface area contributed by atoms with E-state index in [1.54, 1.807) is 26.5 Å². The molecule has 1 saturated heterocycles. The van der Waals surface area contributed by atoms with Gasteiger partial charge < -0.3 is 19.7 Å². The van der Waals surface area contributed by atoms with Gasteiger partial charge in [0, 0.05) is 31.9 Å². The van der Waals surface area contributed by atoms with Gasteiger partial charge in [-0.05, 0) is 18.4 Å². The number of aromatic nitrogens is 1. The van der Waals surface area contributed by atoms with Gasteiger partial charge in [0.2, 0.25) is 0 Å². The van der Waals surface area contributed by atoms with Gasteiger partial charge in [0.05, 0.1) is 20.3 Å². The Labute approximate surface area is 164 Å². The van der Waals surface area contributed by atoms with Crippen molar-refractivity contribution < 1.29 is 24.5 Å². The average Bonchev–Trinajstić information content (AvgIpc) is 2.70. The standard InChI is InChI=1S/C21H26N2O5/c1-27-17-8-10-22-16(19(17)28-2)13-23-11-9-18(24)21(14-23,20(25)26)12-15-6-4-3-5-7-15/h3-8,10,18,24H,9,11-14H2,1-2H3,(H,25,26)/t18-,21-/m1/s1. The number of carbonyl (C=O) groups is 1. The molecule has 2 N–H and O–H groups in total. The fraction of sp³-hybridized carbons (Fsp3) is 0.429. The molecule has 0 unspecified atom stereocenters. The molecule has 28 heavy (non-hydrogen) atoms. The first-order valence-corrected chi connectivity index (χ1v) is 9.23. The Hall–Kier alpha value is -2.64. The van der Waals surface area contributed by atoms with Gasteiger partial charge in [0.15, 0.2) is 11.5 Å². The van der Waals surface area contributed by atoms with E-state index < -0.39 is 17.5 Å². The number of nitrogens with zero attached hydrogens (tertiary/aromatic N) is 2. The molecule has 0 bridgehead atoms. The molecule has 1 fully saturated rings. The van der Waals surface area contributed by atoms with Gasteiger partial charge >= 0.3 is 5.97 Å². The van der Waals surface area contributed by atoms with Gasteiger partial charge in [-0.1, -0.05) is 30.3 Å². The van der Waals surface area contributed by atoms with Crippen molar-refractivity contribution in [1.82, 2.24) is 9.88 Å². The minimum atomic E-state index is -1.27. The van der Waals surface area contributed by atoms with Gasteiger partial charge in [-0.25, -0.2) is 0 Å². The van der Waals surface area contributed by atoms with Crippen LogP contribution < -0.4 is 9.47 Å². The summed E-state index contributed by atoms with van der Waals surface area (Å²) in [5.41, 5.74) is 0.297. The lowest BCUT2D eigenvalue weighted by Gasteiger charge is -2.43. The maximum Gasteiger partial charge on any atom is 0.313 e. The van der Waals surface area contributed by atoms with Gasteiger partial charge in [-0.15, -0.1) is 0 Å². The van der Waals surface area contributed by atoms with E-state index in [1.165, 1.54) is 0 Å². The molecule has 1 aromatic heterocycles. The number of aliphatic carboxylic acids is 1. The predicted molar refractivity (Wildman–Crippen MR) is 103 cm³/mol. The monoisotopic (exact) mass is 386 g/mol. The van der Waals surface area contributed by atoms with E-state index in [0.29, 0.717) is 36.7 Å². The quantitative estimate of drug-likeness (QED) is 0.752. The zero-order valence-corrected chi connectivity index (χ0v) is 16.2. The third kappa shape index (κ3) is 3.95. The van der Waals surface area contributed by atoms with E-state index in [1.807, 2.05) is 35.2 Å². The summed E-state index contributed by atoms with van der Waals surface area (Å²) in [6.45, 7) is 1.21. The zero-order chi connectivity index (χ0) is 20.1. The highest BCUT2D eigenvalue weighted by molar-refractivity contribution is 5.76. The number of aliphatic hydroxyl groups is 1. The highest BCUT2D eigenvalue weighted by Crippen LogP contribution is 2.37. The van der Waals surface area contributed by atoms with Crippen molar-refractivity contribution in [3.63, 3.8) is 0 Å². The van der Waals surface area contributed by atoms with Crippen molar-refractivity contribution in [3.8, 4) is 11.5 Å². The van der Waals surface area contributed by atoms with E-state index in [0.717, 1.165) is 5.56 Å². The summed E-state index contributed by atoms with van der Waals surface area (Å²) in [7, 11) is 3.12. The summed E-state index contributed by atoms with van der Waals surface area (Å²) >= 11 is 0. The smallest absolute Gasteiger partial charge is 0.313 e. The van der Waals surface area contributed by atoms with Crippen LogP contribution in [0.5, 0.6) is 11.5 Å². The summed E-state index contributed by atoms with van der Waals surface area (Å²) in [5.74, 6) is 0.137. The molecule has 0 saturated carbocycles. The molecule has 2 atom stereocenters. The fourth-order valence-corrected chi connectivity index (χ4v) is 3.89. The van der Waals surface area contributed by atoms with Crippen molar-refractivity contribution in [2.24, 2.45) is 5.41 Å². The number of hydrogen-bond donors (Lipinski definition) is 2. The second-order valence-electron chi connectivity index (χ2n) is 7.13. The number of pyridine rings is 1. The number of hydrogen-bond acceptors (Lipinski definition) is 6. The lowest BCUT2D eigenvalue weighted by Crippen LogP contribution is -2.56. The number of carboxylic acid groups (broad SMARTS) is 1. The minimum absolute atomic E-state index is 0.223. The Kier molecular flexibility index (Phi) is 6.16. The number of carboxylic acids is 1. The normalized spacial score (nSPS) is 22.6. The molecule has 150 valence electrons. The predicted octanol–water partition coefficient (Wildman–Crippen LogP) is 1.98. The van der Waals surface area contributed by atoms with Crippen molar-refractivity contribution in [2.75, 3.05) is 27.3 Å². The molecule has 1 aliphatic rings. The first-order valence-electron chi connectivity index (χ1n) is 9.23. The average molecular weight is 386 g/mol. The summed E-state index contributed by atoms with van der Waals surface area (Å²) in [6.07, 6.45) is 1.38. The van der Waals surface area contributed by atoms with Crippen LogP contribution in [0.3, 0.4) is 0 Å². The van der Waals surface area contributed by atoms with Crippen LogP contribution in [0.4, 0.5) is 0 Å². The molecule has 0 amide bonds. The first-order chi connectivity index (χ1) is 13.5. The van der Waals surface area contributed by atoms with Crippen molar-refractivity contribution in [1.29, 1.82) is 0 Å². The lowest BCUT2D eigenvalue weighted by molar-refractivity contribution is -0.163. The van der Waals surface area contributed by atoms with Crippen LogP contribution in [0.2, 0.25) is 0 Å². The van der Waals surface area contributed by atoms with Gasteiger partial charge in [-0.3, -0.25) is 14.7 Å². The largest absolute Gasteiger partial charge is 0.493 e. The van der Waals surface area contributed by atoms with Crippen LogP contribution in [-0.2, 0) is 17.8 Å². The van der Waals surface area contributed by atoms with E-state index in [9.17, 15) is 15.0 Å². The van der Waals surface area contributed by atoms with Crippen LogP contribution in [-0.4, -0.2) is 59.5 Å². The molecule has 0 aliphatic carbocycles. The van der Waals surface area contributed by atoms with Crippen LogP contribution in [0, 0.1) is 5.41 Å². The summed E-state index contributed by atoms with van der Waals surface area (Å²) in [5, 5.41) is 20.7. The van der Waals surface area contributed by atoms with Crippen LogP contribution in [0.1, 0.15) is 17.7 Å². The van der Waals surface area contributed by atoms with Crippen LogP contribution >= 0.6 is 0 Å². The maximum atomic E-state index is 12.3. The van der Waals surface area contributed by atoms with E-state index in [2.05, 4.69) is 4.98 Å². The van der Waals surface area contributed by atoms with Gasteiger partial charge in [0.1, 0.15) is 11.1 Å². The second-order valence-corrected chi connectivity index (χ2v) is 7.13. The zero-order valence-electron chi connectivity index (χ0n) is 16.2. The molecule has 0 radical (unpaired) electrons. The summed E-state index contributed by atoms with van der Waals surface area (Å²) in [6, 6.07) is 11.2. The van der Waals surface area contributed by atoms with Crippen molar-refractivity contribution in [3.05, 3.63) is 53.9 Å². The second kappa shape index (κ2) is 8.58. The Balaban J connectivity index is 1.86. The van der Waals surface area contributed by atoms with Gasteiger partial charge in [0.25, 0.3) is 0 Å². The fourth-order valence-electron chi connectivity index (χ4n) is 3.89. The highest BCUT2D eigenvalue weighted by Gasteiger charge is 2.49. The summed E-state index contributed by atoms with van der Waals surface area (Å²) in [4.78, 5) is 18.7. The van der Waals surface area contributed by atoms with Crippen LogP contribution in [0.25, 0.3) is 0 Å². The molecule has 1 aromatic carbocycles. The molecular weight excluding hydrogens is 360 g/mol. The molecular formula is C21H26N2O5. The topological polar surface area (TPSA) is 92.1 Å². The third-order valence-electron chi connectivity index (χ3n) is 5.39. The van der Waals surface area contributed by atoms with Gasteiger partial charge in [-0.2, -0.15) is 0 Å². The number of piperidine rings is 1. The highest BCUT2D eigenvalue weighted by atomic mass is 16.5. The molecule has 1 aliphatic heterocycles. The van der Waals surface area contributed by atoms with E-state index >= 15 is 0 Å². The number of benzene rings is 1. The molecule has 2 heterocycles. The summed E-state index contributed by atoms with van der Waals surface area (Å²) < 4.78 is 10.8. The Morgan fingerprint density at radius 2 is 2.00 bits per heavy atom. The Morgan fingerprint density at radius 1 is 1.25 bits per heavy atom. The Morgan fingerprint density at radius 3 is 2.64 bits per heavy atom. The number of likely N-dealkylation sites (tertiary alicyclic amines) is 1. The van der Waals surface area contributed by atoms with E-state index in [-0.39, 0.29) is 13.0 Å². The number of rotatable bonds is 7. The Bertz CT molecular complexity index is 814. The first kappa shape index (κ1) is 20.1. The third-order valence-corrected chi connectivity index (χ3v) is 5.39. The molecule has 7 heteroatoms. The molecule has 7 nitrogen and oxygen atoms in total. The SMILES string of the molecule is COc1ccnc(CN2CC[C@@H](O)[C@](Cc3ccccc3)(C(=O)O)C2)c1OC. The molecule has 2 aromatic rings. The lowest BCUT2D eigenvalue weighted by atomic mass is 9.73. The van der Waals surface area contributed by atoms with E-state index in [4.69, 9.17) is 9.47 Å². The van der Waals surface area contributed by atoms with Crippen molar-refractivity contribution in [2.45, 2.75) is 25.5 Å². The number of methoxy groups -OCH3 is 2. The number of aliphatic hydroxyl groups excluding tert-OH is 1. The number of ether oxygens (including phenoxy) is 2. The molecule has 3 rings (SSSR count). The maximum absolute atomic E-state index is 12.3. The molecule has 0 spiro atoms. The minimum Gasteiger partial charge on any atom is -0.493 e. The van der Waals surface area contributed by atoms with Crippen molar-refractivity contribution >= 4 is 5.97 Å². The van der Waals surface area contributed by atoms with Crippen LogP contribution in [0.15, 0.2) is 42.6 Å².